The Kier molecular flexibility index (Phi) is 15.0. The number of ether oxygens (including phenoxy) is 1. The molecule has 0 fully saturated rings. The molecular weight excluding hydrogens is 427 g/mol. The van der Waals surface area contributed by atoms with Crippen molar-refractivity contribution in [2.24, 2.45) is 11.7 Å². The van der Waals surface area contributed by atoms with E-state index in [9.17, 15) is 14.4 Å². The van der Waals surface area contributed by atoms with Crippen LogP contribution in [0.2, 0.25) is 0 Å². The Morgan fingerprint density at radius 2 is 1.48 bits per heavy atom. The smallest absolute Gasteiger partial charge is 0.444 e. The molecule has 0 aromatic carbocycles. The van der Waals surface area contributed by atoms with Crippen molar-refractivity contribution in [3.05, 3.63) is 0 Å². The van der Waals surface area contributed by atoms with E-state index in [1.165, 1.54) is 6.92 Å². The van der Waals surface area contributed by atoms with E-state index in [-0.39, 0.29) is 17.8 Å². The summed E-state index contributed by atoms with van der Waals surface area (Å²) < 4.78 is 16.6. The summed E-state index contributed by atoms with van der Waals surface area (Å²) in [6.45, 7) is 15.6. The number of nitrogens with two attached hydrogens (primary N) is 1. The largest absolute Gasteiger partial charge is 0.480 e. The first-order valence-electron chi connectivity index (χ1n) is 11.9. The van der Waals surface area contributed by atoms with Gasteiger partial charge < -0.3 is 35.7 Å². The number of rotatable bonds is 15. The van der Waals surface area contributed by atoms with Gasteiger partial charge in [-0.15, -0.1) is 0 Å². The Bertz CT molecular complexity index is 594. The Morgan fingerprint density at radius 1 is 0.909 bits per heavy atom. The molecule has 192 valence electrons. The molecule has 0 saturated carbocycles. The van der Waals surface area contributed by atoms with Crippen molar-refractivity contribution >= 4 is 25.0 Å². The van der Waals surface area contributed by atoms with Crippen molar-refractivity contribution < 1.29 is 28.4 Å². The number of carbonyl (C=O) groups is 3. The standard InChI is InChI=1S/C22H45BN4O6/c1-9-31-23(32-10-2)17(13-11-12-14-24)26-20(29)18(15(3)4)27-19(28)16(5)25-21(30)33-22(6,7)8/h15-18H,9-14,24H2,1-8H3,(H,25,30)(H,26,29)(H,27,28)/t16-,17-,18-/m0/s1. The average Bonchev–Trinajstić information content (AvgIpc) is 2.69. The lowest BCUT2D eigenvalue weighted by molar-refractivity contribution is -0.131. The summed E-state index contributed by atoms with van der Waals surface area (Å²) in [6, 6.07) is -1.69. The van der Waals surface area contributed by atoms with Crippen LogP contribution in [0.4, 0.5) is 4.79 Å². The molecule has 0 heterocycles. The van der Waals surface area contributed by atoms with Gasteiger partial charge in [0.05, 0.1) is 5.94 Å². The third-order valence-corrected chi connectivity index (χ3v) is 4.66. The van der Waals surface area contributed by atoms with Crippen LogP contribution < -0.4 is 21.7 Å². The number of nitrogens with one attached hydrogen (secondary N) is 3. The Hall–Kier alpha value is -1.85. The maximum absolute atomic E-state index is 13.1. The second-order valence-corrected chi connectivity index (χ2v) is 9.28. The van der Waals surface area contributed by atoms with Crippen LogP contribution in [0.25, 0.3) is 0 Å². The molecule has 0 rings (SSSR count). The maximum atomic E-state index is 13.1. The first-order chi connectivity index (χ1) is 15.4. The average molecular weight is 472 g/mol. The summed E-state index contributed by atoms with van der Waals surface area (Å²) in [5, 5.41) is 8.21. The quantitative estimate of drug-likeness (QED) is 0.210. The maximum Gasteiger partial charge on any atom is 0.480 e. The molecule has 0 saturated heterocycles. The number of amides is 3. The first-order valence-corrected chi connectivity index (χ1v) is 11.9. The highest BCUT2D eigenvalue weighted by Gasteiger charge is 2.34. The third-order valence-electron chi connectivity index (χ3n) is 4.66. The van der Waals surface area contributed by atoms with E-state index < -0.39 is 36.8 Å². The topological polar surface area (TPSA) is 141 Å². The van der Waals surface area contributed by atoms with Crippen molar-refractivity contribution in [1.82, 2.24) is 16.0 Å². The zero-order valence-corrected chi connectivity index (χ0v) is 21.7. The number of unbranched alkanes of at least 4 members (excludes halogenated alkanes) is 1. The molecule has 0 unspecified atom stereocenters. The molecule has 3 amide bonds. The third kappa shape index (κ3) is 13.5. The van der Waals surface area contributed by atoms with Gasteiger partial charge in [-0.1, -0.05) is 20.3 Å². The van der Waals surface area contributed by atoms with Gasteiger partial charge in [-0.2, -0.15) is 0 Å². The summed E-state index contributed by atoms with van der Waals surface area (Å²) >= 11 is 0. The molecule has 0 bridgehead atoms. The Labute approximate surface area is 199 Å². The molecule has 0 aliphatic heterocycles. The van der Waals surface area contributed by atoms with E-state index in [4.69, 9.17) is 19.8 Å². The fourth-order valence-electron chi connectivity index (χ4n) is 3.03. The van der Waals surface area contributed by atoms with Crippen LogP contribution in [0.3, 0.4) is 0 Å². The van der Waals surface area contributed by atoms with E-state index in [0.717, 1.165) is 12.8 Å². The van der Waals surface area contributed by atoms with Gasteiger partial charge in [-0.25, -0.2) is 4.79 Å². The normalized spacial score (nSPS) is 14.2. The minimum Gasteiger partial charge on any atom is -0.444 e. The van der Waals surface area contributed by atoms with Crippen LogP contribution in [0.15, 0.2) is 0 Å². The lowest BCUT2D eigenvalue weighted by Gasteiger charge is -2.29. The van der Waals surface area contributed by atoms with Crippen molar-refractivity contribution in [3.8, 4) is 0 Å². The molecule has 0 aliphatic rings. The molecule has 10 nitrogen and oxygen atoms in total. The van der Waals surface area contributed by atoms with Crippen LogP contribution in [0.1, 0.15) is 74.7 Å². The summed E-state index contributed by atoms with van der Waals surface area (Å²) in [5.74, 6) is -1.41. The van der Waals surface area contributed by atoms with Gasteiger partial charge in [0, 0.05) is 13.2 Å². The molecule has 0 radical (unpaired) electrons. The monoisotopic (exact) mass is 472 g/mol. The van der Waals surface area contributed by atoms with Gasteiger partial charge in [0.15, 0.2) is 0 Å². The predicted octanol–water partition coefficient (Wildman–Crippen LogP) is 1.75. The summed E-state index contributed by atoms with van der Waals surface area (Å²) in [6.07, 6.45) is 1.54. The zero-order valence-electron chi connectivity index (χ0n) is 21.7. The van der Waals surface area contributed by atoms with Gasteiger partial charge in [0.2, 0.25) is 11.8 Å². The molecule has 33 heavy (non-hydrogen) atoms. The second kappa shape index (κ2) is 15.9. The highest BCUT2D eigenvalue weighted by molar-refractivity contribution is 6.47. The molecule has 0 aromatic heterocycles. The molecule has 0 aliphatic carbocycles. The van der Waals surface area contributed by atoms with Gasteiger partial charge in [0.25, 0.3) is 0 Å². The molecule has 0 aromatic rings. The molecule has 3 atom stereocenters. The van der Waals surface area contributed by atoms with E-state index in [0.29, 0.717) is 26.2 Å². The Morgan fingerprint density at radius 3 is 1.94 bits per heavy atom. The summed E-state index contributed by atoms with van der Waals surface area (Å²) in [5.41, 5.74) is 4.93. The minimum atomic E-state index is -0.881. The van der Waals surface area contributed by atoms with Gasteiger partial charge in [-0.05, 0) is 66.8 Å². The lowest BCUT2D eigenvalue weighted by Crippen LogP contribution is -2.58. The van der Waals surface area contributed by atoms with Gasteiger partial charge >= 0.3 is 13.2 Å². The molecule has 11 heteroatoms. The molecule has 0 spiro atoms. The van der Waals surface area contributed by atoms with E-state index in [1.807, 2.05) is 27.7 Å². The lowest BCUT2D eigenvalue weighted by atomic mass is 9.74. The number of hydrogen-bond acceptors (Lipinski definition) is 7. The number of carbonyl (C=O) groups excluding carboxylic acids is 3. The summed E-state index contributed by atoms with van der Waals surface area (Å²) in [7, 11) is -0.599. The highest BCUT2D eigenvalue weighted by atomic mass is 16.6. The Balaban J connectivity index is 5.26. The predicted molar refractivity (Wildman–Crippen MR) is 129 cm³/mol. The van der Waals surface area contributed by atoms with Crippen molar-refractivity contribution in [1.29, 1.82) is 0 Å². The number of alkyl carbamates (subject to hydrolysis) is 1. The number of hydrogen-bond donors (Lipinski definition) is 4. The van der Waals surface area contributed by atoms with Crippen LogP contribution in [-0.2, 0) is 23.6 Å². The molecular formula is C22H45BN4O6. The van der Waals surface area contributed by atoms with E-state index in [1.54, 1.807) is 20.8 Å². The van der Waals surface area contributed by atoms with Crippen molar-refractivity contribution in [3.63, 3.8) is 0 Å². The van der Waals surface area contributed by atoms with Crippen LogP contribution in [0, 0.1) is 5.92 Å². The van der Waals surface area contributed by atoms with Crippen molar-refractivity contribution in [2.75, 3.05) is 19.8 Å². The zero-order chi connectivity index (χ0) is 25.6. The summed E-state index contributed by atoms with van der Waals surface area (Å²) in [4.78, 5) is 37.8. The fourth-order valence-corrected chi connectivity index (χ4v) is 3.03. The van der Waals surface area contributed by atoms with Crippen molar-refractivity contribution in [2.45, 2.75) is 98.3 Å². The van der Waals surface area contributed by atoms with E-state index in [2.05, 4.69) is 16.0 Å². The molecule has 5 N–H and O–H groups in total. The van der Waals surface area contributed by atoms with Crippen LogP contribution in [-0.4, -0.2) is 68.4 Å². The SMILES string of the molecule is CCOB(OCC)[C@H](CCCCN)NC(=O)[C@@H](NC(=O)[C@H](C)NC(=O)OC(C)(C)C)C(C)C. The van der Waals surface area contributed by atoms with Gasteiger partial charge in [0.1, 0.15) is 17.7 Å². The highest BCUT2D eigenvalue weighted by Crippen LogP contribution is 2.11. The fraction of sp³-hybridized carbons (Fsp3) is 0.864. The second-order valence-electron chi connectivity index (χ2n) is 9.28. The van der Waals surface area contributed by atoms with E-state index >= 15 is 0 Å². The minimum absolute atomic E-state index is 0.190. The van der Waals surface area contributed by atoms with Crippen LogP contribution in [0.5, 0.6) is 0 Å². The van der Waals surface area contributed by atoms with Crippen LogP contribution >= 0.6 is 0 Å². The van der Waals surface area contributed by atoms with Gasteiger partial charge in [-0.3, -0.25) is 9.59 Å². The first kappa shape index (κ1) is 31.2.